The van der Waals surface area contributed by atoms with E-state index in [0.29, 0.717) is 17.9 Å². The van der Waals surface area contributed by atoms with E-state index in [1.54, 1.807) is 37.7 Å². The van der Waals surface area contributed by atoms with Gasteiger partial charge in [0.15, 0.2) is 11.5 Å². The minimum absolute atomic E-state index is 0.0443. The molecule has 4 rings (SSSR count). The number of hydrogen-bond acceptors (Lipinski definition) is 7. The molecule has 3 aromatic rings. The summed E-state index contributed by atoms with van der Waals surface area (Å²) in [5, 5.41) is 8.37. The Balaban J connectivity index is 1.57. The fraction of sp³-hybridized carbons (Fsp3) is 0.250. The third-order valence-electron chi connectivity index (χ3n) is 5.19. The maximum atomic E-state index is 13.2. The molecule has 1 aliphatic rings. The normalized spacial score (nSPS) is 15.4. The average Bonchev–Trinajstić information content (AvgIpc) is 3.52. The number of carbonyl (C=O) groups is 1. The molecule has 0 N–H and O–H groups in total. The van der Waals surface area contributed by atoms with Gasteiger partial charge in [0.2, 0.25) is 0 Å². The van der Waals surface area contributed by atoms with Crippen LogP contribution in [0.5, 0.6) is 17.2 Å². The van der Waals surface area contributed by atoms with Crippen molar-refractivity contribution in [2.45, 2.75) is 17.4 Å². The summed E-state index contributed by atoms with van der Waals surface area (Å²) in [5.41, 5.74) is 1.88. The Morgan fingerprint density at radius 2 is 1.84 bits per heavy atom. The molecule has 0 radical (unpaired) electrons. The van der Waals surface area contributed by atoms with Crippen LogP contribution in [0.2, 0.25) is 0 Å². The van der Waals surface area contributed by atoms with Crippen LogP contribution in [-0.2, 0) is 4.79 Å². The largest absolute Gasteiger partial charge is 0.497 e. The second kappa shape index (κ2) is 10.1. The van der Waals surface area contributed by atoms with Gasteiger partial charge in [-0.1, -0.05) is 12.1 Å². The lowest BCUT2D eigenvalue weighted by Crippen LogP contribution is -2.28. The van der Waals surface area contributed by atoms with Crippen molar-refractivity contribution in [3.8, 4) is 17.2 Å². The van der Waals surface area contributed by atoms with Crippen molar-refractivity contribution in [3.63, 3.8) is 0 Å². The SMILES string of the molecule is COc1ccc(SCC(=O)N2N=C(c3cccs3)CC2c2ccc(OC)c(OC)c2)cc1. The zero-order valence-corrected chi connectivity index (χ0v) is 19.7. The van der Waals surface area contributed by atoms with Crippen LogP contribution >= 0.6 is 23.1 Å². The Labute approximate surface area is 195 Å². The molecule has 1 aliphatic heterocycles. The molecule has 1 amide bonds. The van der Waals surface area contributed by atoms with Crippen LogP contribution in [-0.4, -0.2) is 43.7 Å². The van der Waals surface area contributed by atoms with Gasteiger partial charge in [-0.2, -0.15) is 5.10 Å². The topological polar surface area (TPSA) is 60.4 Å². The van der Waals surface area contributed by atoms with Gasteiger partial charge in [0.1, 0.15) is 5.75 Å². The lowest BCUT2D eigenvalue weighted by atomic mass is 10.0. The van der Waals surface area contributed by atoms with E-state index >= 15 is 0 Å². The van der Waals surface area contributed by atoms with Crippen molar-refractivity contribution < 1.29 is 19.0 Å². The summed E-state index contributed by atoms with van der Waals surface area (Å²) in [6.45, 7) is 0. The van der Waals surface area contributed by atoms with Crippen LogP contribution in [0, 0.1) is 0 Å². The smallest absolute Gasteiger partial charge is 0.253 e. The number of ether oxygens (including phenoxy) is 3. The number of thiophene rings is 1. The monoisotopic (exact) mass is 468 g/mol. The standard InChI is InChI=1S/C24H24N2O4S2/c1-28-17-7-9-18(10-8-17)32-15-24(27)26-20(14-19(25-26)23-5-4-12-31-23)16-6-11-21(29-2)22(13-16)30-3/h4-13,20H,14-15H2,1-3H3. The highest BCUT2D eigenvalue weighted by Gasteiger charge is 2.33. The molecule has 6 nitrogen and oxygen atoms in total. The van der Waals surface area contributed by atoms with Crippen molar-refractivity contribution in [2.75, 3.05) is 27.1 Å². The van der Waals surface area contributed by atoms with Gasteiger partial charge in [0.05, 0.1) is 43.7 Å². The van der Waals surface area contributed by atoms with Crippen LogP contribution in [0.1, 0.15) is 22.9 Å². The van der Waals surface area contributed by atoms with Crippen molar-refractivity contribution in [3.05, 3.63) is 70.4 Å². The molecule has 0 aliphatic carbocycles. The van der Waals surface area contributed by atoms with Crippen LogP contribution in [0.15, 0.2) is 70.0 Å². The van der Waals surface area contributed by atoms with Crippen molar-refractivity contribution in [1.82, 2.24) is 5.01 Å². The average molecular weight is 469 g/mol. The Kier molecular flexibility index (Phi) is 7.02. The number of methoxy groups -OCH3 is 3. The second-order valence-corrected chi connectivity index (χ2v) is 9.06. The van der Waals surface area contributed by atoms with Gasteiger partial charge in [-0.25, -0.2) is 5.01 Å². The first-order chi connectivity index (χ1) is 15.6. The lowest BCUT2D eigenvalue weighted by Gasteiger charge is -2.23. The first-order valence-electron chi connectivity index (χ1n) is 10.0. The maximum absolute atomic E-state index is 13.2. The van der Waals surface area contributed by atoms with Crippen molar-refractivity contribution in [1.29, 1.82) is 0 Å². The Morgan fingerprint density at radius 3 is 2.50 bits per heavy atom. The van der Waals surface area contributed by atoms with Gasteiger partial charge in [-0.3, -0.25) is 4.79 Å². The number of hydrogen-bond donors (Lipinski definition) is 0. The molecule has 32 heavy (non-hydrogen) atoms. The van der Waals surface area contributed by atoms with Gasteiger partial charge in [0, 0.05) is 11.3 Å². The molecule has 2 heterocycles. The van der Waals surface area contributed by atoms with E-state index in [-0.39, 0.29) is 17.7 Å². The van der Waals surface area contributed by atoms with E-state index in [9.17, 15) is 4.79 Å². The first kappa shape index (κ1) is 22.2. The molecule has 0 saturated heterocycles. The second-order valence-electron chi connectivity index (χ2n) is 7.06. The number of hydrazone groups is 1. The van der Waals surface area contributed by atoms with E-state index < -0.39 is 0 Å². The number of nitrogens with zero attached hydrogens (tertiary/aromatic N) is 2. The maximum Gasteiger partial charge on any atom is 0.253 e. The fourth-order valence-electron chi connectivity index (χ4n) is 3.53. The fourth-order valence-corrected chi connectivity index (χ4v) is 5.01. The molecule has 1 atom stereocenters. The van der Waals surface area contributed by atoms with Gasteiger partial charge in [0.25, 0.3) is 5.91 Å². The molecule has 0 spiro atoms. The van der Waals surface area contributed by atoms with Crippen molar-refractivity contribution in [2.24, 2.45) is 5.10 Å². The van der Waals surface area contributed by atoms with Gasteiger partial charge < -0.3 is 14.2 Å². The molecule has 1 aromatic heterocycles. The molecular weight excluding hydrogens is 444 g/mol. The minimum atomic E-state index is -0.198. The van der Waals surface area contributed by atoms with E-state index in [2.05, 4.69) is 0 Å². The van der Waals surface area contributed by atoms with E-state index in [4.69, 9.17) is 19.3 Å². The molecular formula is C24H24N2O4S2. The van der Waals surface area contributed by atoms with E-state index in [1.165, 1.54) is 11.8 Å². The summed E-state index contributed by atoms with van der Waals surface area (Å²) in [6, 6.07) is 17.3. The number of amides is 1. The Morgan fingerprint density at radius 1 is 1.06 bits per heavy atom. The Hall–Kier alpha value is -2.97. The van der Waals surface area contributed by atoms with E-state index in [1.807, 2.05) is 60.0 Å². The summed E-state index contributed by atoms with van der Waals surface area (Å²) >= 11 is 3.11. The van der Waals surface area contributed by atoms with Crippen LogP contribution in [0.25, 0.3) is 0 Å². The summed E-state index contributed by atoms with van der Waals surface area (Å²) in [4.78, 5) is 15.3. The van der Waals surface area contributed by atoms with Crippen LogP contribution in [0.4, 0.5) is 0 Å². The third-order valence-corrected chi connectivity index (χ3v) is 7.10. The first-order valence-corrected chi connectivity index (χ1v) is 11.9. The number of rotatable bonds is 8. The molecule has 1 unspecified atom stereocenters. The lowest BCUT2D eigenvalue weighted by molar-refractivity contribution is -0.130. The molecule has 2 aromatic carbocycles. The Bertz CT molecular complexity index is 1100. The minimum Gasteiger partial charge on any atom is -0.497 e. The number of benzene rings is 2. The summed E-state index contributed by atoms with van der Waals surface area (Å²) < 4.78 is 16.0. The number of thioether (sulfide) groups is 1. The highest BCUT2D eigenvalue weighted by atomic mass is 32.2. The highest BCUT2D eigenvalue weighted by molar-refractivity contribution is 8.00. The van der Waals surface area contributed by atoms with E-state index in [0.717, 1.165) is 26.8 Å². The van der Waals surface area contributed by atoms with Crippen molar-refractivity contribution >= 4 is 34.7 Å². The predicted molar refractivity (Wildman–Crippen MR) is 128 cm³/mol. The predicted octanol–water partition coefficient (Wildman–Crippen LogP) is 5.24. The quantitative estimate of drug-likeness (QED) is 0.423. The molecule has 0 saturated carbocycles. The number of carbonyl (C=O) groups excluding carboxylic acids is 1. The van der Waals surface area contributed by atoms with Gasteiger partial charge in [-0.15, -0.1) is 23.1 Å². The summed E-state index contributed by atoms with van der Waals surface area (Å²) in [5.74, 6) is 2.32. The summed E-state index contributed by atoms with van der Waals surface area (Å²) in [7, 11) is 4.85. The molecule has 166 valence electrons. The molecule has 8 heteroatoms. The van der Waals surface area contributed by atoms with Crippen LogP contribution < -0.4 is 14.2 Å². The van der Waals surface area contributed by atoms with Gasteiger partial charge >= 0.3 is 0 Å². The van der Waals surface area contributed by atoms with Gasteiger partial charge in [-0.05, 0) is 53.4 Å². The zero-order chi connectivity index (χ0) is 22.5. The van der Waals surface area contributed by atoms with Crippen LogP contribution in [0.3, 0.4) is 0 Å². The molecule has 0 fully saturated rings. The summed E-state index contributed by atoms with van der Waals surface area (Å²) in [6.07, 6.45) is 0.648. The third kappa shape index (κ3) is 4.76. The zero-order valence-electron chi connectivity index (χ0n) is 18.1. The highest BCUT2D eigenvalue weighted by Crippen LogP contribution is 2.38. The molecule has 0 bridgehead atoms.